The molecule has 0 N–H and O–H groups in total. The lowest BCUT2D eigenvalue weighted by atomic mass is 9.93. The minimum absolute atomic E-state index is 0.201. The van der Waals surface area contributed by atoms with Crippen LogP contribution in [0.5, 0.6) is 5.75 Å². The molecule has 3 heterocycles. The van der Waals surface area contributed by atoms with Crippen molar-refractivity contribution >= 4 is 34.3 Å². The van der Waals surface area contributed by atoms with Gasteiger partial charge in [-0.25, -0.2) is 9.79 Å². The number of methoxy groups -OCH3 is 1. The molecule has 0 bridgehead atoms. The predicted molar refractivity (Wildman–Crippen MR) is 150 cm³/mol. The van der Waals surface area contributed by atoms with Gasteiger partial charge in [0.1, 0.15) is 18.3 Å². The summed E-state index contributed by atoms with van der Waals surface area (Å²) >= 11 is 1.28. The molecule has 0 fully saturated rings. The summed E-state index contributed by atoms with van der Waals surface area (Å²) in [5.41, 5.74) is 3.14. The molecular weight excluding hydrogens is 512 g/mol. The van der Waals surface area contributed by atoms with E-state index in [9.17, 15) is 14.9 Å². The number of fused-ring (bicyclic) bond motifs is 2. The molecule has 1 aliphatic rings. The summed E-state index contributed by atoms with van der Waals surface area (Å²) in [4.78, 5) is 32.8. The highest BCUT2D eigenvalue weighted by atomic mass is 32.1. The van der Waals surface area contributed by atoms with Crippen molar-refractivity contribution in [3.63, 3.8) is 0 Å². The number of ether oxygens (including phenoxy) is 2. The Morgan fingerprint density at radius 1 is 1.18 bits per heavy atom. The number of carbonyl (C=O) groups excluding carboxylic acids is 1. The Labute approximate surface area is 229 Å². The van der Waals surface area contributed by atoms with E-state index in [1.807, 2.05) is 72.3 Å². The van der Waals surface area contributed by atoms with Crippen LogP contribution in [0.15, 0.2) is 75.8 Å². The predicted octanol–water partition coefficient (Wildman–Crippen LogP) is 4.07. The summed E-state index contributed by atoms with van der Waals surface area (Å²) in [5, 5.41) is 10.2. The van der Waals surface area contributed by atoms with Crippen LogP contribution >= 0.6 is 11.3 Å². The number of aromatic nitrogens is 2. The first-order valence-electron chi connectivity index (χ1n) is 12.8. The Morgan fingerprint density at radius 3 is 2.69 bits per heavy atom. The fourth-order valence-corrected chi connectivity index (χ4v) is 6.06. The van der Waals surface area contributed by atoms with Crippen LogP contribution in [0, 0.1) is 11.3 Å². The number of benzene rings is 2. The molecule has 0 saturated carbocycles. The van der Waals surface area contributed by atoms with E-state index in [1.165, 1.54) is 11.3 Å². The third kappa shape index (κ3) is 4.68. The first-order chi connectivity index (χ1) is 19.0. The van der Waals surface area contributed by atoms with Gasteiger partial charge in [-0.05, 0) is 31.6 Å². The standard InChI is InChI=1S/C30H28N4O4S/c1-4-10-22-26(29(36)38-5-2)27(21-12-7-9-14-24(21)37-3)34-28(35)25(39-30(34)32-22)17-19-18-33(16-15-31)23-13-8-6-11-20(19)23/h6-9,11-14,17-18,27H,4-5,10,16H2,1-3H3/b25-17-/t27-/m1/s1. The van der Waals surface area contributed by atoms with Crippen molar-refractivity contribution in [2.75, 3.05) is 13.7 Å². The molecule has 1 aliphatic heterocycles. The molecule has 0 amide bonds. The van der Waals surface area contributed by atoms with Gasteiger partial charge in [-0.3, -0.25) is 9.36 Å². The average Bonchev–Trinajstić information content (AvgIpc) is 3.45. The second-order valence-electron chi connectivity index (χ2n) is 9.04. The Bertz CT molecular complexity index is 1820. The number of nitriles is 1. The van der Waals surface area contributed by atoms with Crippen LogP contribution in [0.4, 0.5) is 0 Å². The molecule has 198 valence electrons. The van der Waals surface area contributed by atoms with Crippen molar-refractivity contribution in [1.29, 1.82) is 5.26 Å². The van der Waals surface area contributed by atoms with Crippen molar-refractivity contribution < 1.29 is 14.3 Å². The molecule has 0 spiro atoms. The maximum absolute atomic E-state index is 14.1. The van der Waals surface area contributed by atoms with E-state index < -0.39 is 12.0 Å². The zero-order valence-corrected chi connectivity index (χ0v) is 22.8. The van der Waals surface area contributed by atoms with Crippen LogP contribution in [0.1, 0.15) is 43.9 Å². The van der Waals surface area contributed by atoms with Crippen molar-refractivity contribution in [3.05, 3.63) is 96.8 Å². The molecule has 9 heteroatoms. The first kappa shape index (κ1) is 26.2. The van der Waals surface area contributed by atoms with E-state index in [1.54, 1.807) is 18.6 Å². The number of thiazole rings is 1. The van der Waals surface area contributed by atoms with Gasteiger partial charge in [0, 0.05) is 28.2 Å². The number of hydrogen-bond acceptors (Lipinski definition) is 7. The zero-order valence-electron chi connectivity index (χ0n) is 22.0. The van der Waals surface area contributed by atoms with E-state index >= 15 is 0 Å². The lowest BCUT2D eigenvalue weighted by molar-refractivity contribution is -0.139. The number of hydrogen-bond donors (Lipinski definition) is 0. The van der Waals surface area contributed by atoms with Crippen LogP contribution in [-0.4, -0.2) is 28.8 Å². The molecule has 39 heavy (non-hydrogen) atoms. The summed E-state index contributed by atoms with van der Waals surface area (Å²) in [6, 6.07) is 16.6. The van der Waals surface area contributed by atoms with Crippen molar-refractivity contribution in [2.24, 2.45) is 4.99 Å². The topological polar surface area (TPSA) is 98.6 Å². The van der Waals surface area contributed by atoms with E-state index in [4.69, 9.17) is 14.5 Å². The van der Waals surface area contributed by atoms with Crippen LogP contribution in [0.25, 0.3) is 17.0 Å². The van der Waals surface area contributed by atoms with Crippen LogP contribution in [-0.2, 0) is 16.1 Å². The molecule has 2 aromatic heterocycles. The highest BCUT2D eigenvalue weighted by Crippen LogP contribution is 2.36. The number of nitrogens with zero attached hydrogens (tertiary/aromatic N) is 4. The lowest BCUT2D eigenvalue weighted by Crippen LogP contribution is -2.40. The zero-order chi connectivity index (χ0) is 27.5. The Balaban J connectivity index is 1.80. The van der Waals surface area contributed by atoms with Gasteiger partial charge in [0.25, 0.3) is 5.56 Å². The third-order valence-electron chi connectivity index (χ3n) is 6.67. The van der Waals surface area contributed by atoms with E-state index in [-0.39, 0.29) is 18.7 Å². The molecular formula is C30H28N4O4S. The fourth-order valence-electron chi connectivity index (χ4n) is 5.05. The lowest BCUT2D eigenvalue weighted by Gasteiger charge is -2.26. The Hall–Kier alpha value is -4.42. The molecule has 1 atom stereocenters. The number of rotatable bonds is 8. The highest BCUT2D eigenvalue weighted by Gasteiger charge is 2.35. The maximum atomic E-state index is 14.1. The Morgan fingerprint density at radius 2 is 1.95 bits per heavy atom. The minimum Gasteiger partial charge on any atom is -0.496 e. The van der Waals surface area contributed by atoms with Gasteiger partial charge in [0.05, 0.1) is 35.6 Å². The molecule has 2 aromatic carbocycles. The van der Waals surface area contributed by atoms with Gasteiger partial charge in [-0.2, -0.15) is 5.26 Å². The maximum Gasteiger partial charge on any atom is 0.338 e. The summed E-state index contributed by atoms with van der Waals surface area (Å²) in [5.74, 6) is 0.0747. The number of allylic oxidation sites excluding steroid dienone is 1. The first-order valence-corrected chi connectivity index (χ1v) is 13.6. The van der Waals surface area contributed by atoms with E-state index in [0.717, 1.165) is 22.9 Å². The van der Waals surface area contributed by atoms with Crippen LogP contribution in [0.2, 0.25) is 0 Å². The minimum atomic E-state index is -0.750. The van der Waals surface area contributed by atoms with Gasteiger partial charge >= 0.3 is 5.97 Å². The highest BCUT2D eigenvalue weighted by molar-refractivity contribution is 7.07. The number of esters is 1. The quantitative estimate of drug-likeness (QED) is 0.314. The molecule has 5 rings (SSSR count). The molecule has 0 unspecified atom stereocenters. The van der Waals surface area contributed by atoms with Gasteiger partial charge in [-0.15, -0.1) is 0 Å². The summed E-state index contributed by atoms with van der Waals surface area (Å²) in [6.07, 6.45) is 5.06. The Kier molecular flexibility index (Phi) is 7.48. The third-order valence-corrected chi connectivity index (χ3v) is 7.66. The molecule has 4 aromatic rings. The van der Waals surface area contributed by atoms with E-state index in [2.05, 4.69) is 6.07 Å². The smallest absolute Gasteiger partial charge is 0.338 e. The van der Waals surface area contributed by atoms with Crippen LogP contribution < -0.4 is 19.6 Å². The summed E-state index contributed by atoms with van der Waals surface area (Å²) in [7, 11) is 1.57. The van der Waals surface area contributed by atoms with Crippen molar-refractivity contribution in [3.8, 4) is 11.8 Å². The molecule has 0 aliphatic carbocycles. The fraction of sp³-hybridized carbons (Fsp3) is 0.267. The normalized spacial score (nSPS) is 15.1. The largest absolute Gasteiger partial charge is 0.496 e. The second-order valence-corrected chi connectivity index (χ2v) is 10.1. The second kappa shape index (κ2) is 11.1. The SMILES string of the molecule is CCCC1=C(C(=O)OCC)[C@@H](c2ccccc2OC)n2c(s/c(=C\c3cn(CC#N)c4ccccc34)c2=O)=N1. The summed E-state index contributed by atoms with van der Waals surface area (Å²) in [6.45, 7) is 4.19. The van der Waals surface area contributed by atoms with Crippen molar-refractivity contribution in [1.82, 2.24) is 9.13 Å². The van der Waals surface area contributed by atoms with Gasteiger partial charge in [0.15, 0.2) is 4.80 Å². The molecule has 0 radical (unpaired) electrons. The van der Waals surface area contributed by atoms with Crippen molar-refractivity contribution in [2.45, 2.75) is 39.3 Å². The van der Waals surface area contributed by atoms with Crippen LogP contribution in [0.3, 0.4) is 0 Å². The van der Waals surface area contributed by atoms with Gasteiger partial charge in [-0.1, -0.05) is 61.1 Å². The molecule has 0 saturated heterocycles. The van der Waals surface area contributed by atoms with Gasteiger partial charge < -0.3 is 14.0 Å². The van der Waals surface area contributed by atoms with Gasteiger partial charge in [0.2, 0.25) is 0 Å². The number of carbonyl (C=O) groups is 1. The number of para-hydroxylation sites is 2. The monoisotopic (exact) mass is 540 g/mol. The molecule has 8 nitrogen and oxygen atoms in total. The van der Waals surface area contributed by atoms with E-state index in [0.29, 0.717) is 38.3 Å². The average molecular weight is 541 g/mol. The summed E-state index contributed by atoms with van der Waals surface area (Å²) < 4.78 is 15.1.